The summed E-state index contributed by atoms with van der Waals surface area (Å²) in [5.41, 5.74) is 4.65. The first kappa shape index (κ1) is 22.6. The highest BCUT2D eigenvalue weighted by Gasteiger charge is 2.19. The molecule has 2 aromatic heterocycles. The molecular weight excluding hydrogens is 442 g/mol. The van der Waals surface area contributed by atoms with Crippen molar-refractivity contribution >= 4 is 29.4 Å². The maximum absolute atomic E-state index is 10.1. The van der Waals surface area contributed by atoms with Gasteiger partial charge in [0.2, 0.25) is 17.8 Å². The van der Waals surface area contributed by atoms with E-state index in [1.54, 1.807) is 6.07 Å². The zero-order valence-electron chi connectivity index (χ0n) is 20.1. The molecule has 1 saturated heterocycles. The lowest BCUT2D eigenvalue weighted by molar-refractivity contribution is 0.311. The second-order valence-electron chi connectivity index (χ2n) is 8.81. The van der Waals surface area contributed by atoms with Crippen LogP contribution in [0.15, 0.2) is 48.5 Å². The van der Waals surface area contributed by atoms with Gasteiger partial charge in [0.05, 0.1) is 5.69 Å². The molecule has 2 aromatic carbocycles. The molecule has 0 radical (unpaired) electrons. The van der Waals surface area contributed by atoms with E-state index in [0.717, 1.165) is 48.6 Å². The van der Waals surface area contributed by atoms with Crippen molar-refractivity contribution in [1.29, 1.82) is 0 Å². The Balaban J connectivity index is 1.44. The van der Waals surface area contributed by atoms with Gasteiger partial charge in [-0.05, 0) is 38.1 Å². The number of likely N-dealkylation sites (N-methyl/N-ethyl adjacent to an activating group) is 1. The summed E-state index contributed by atoms with van der Waals surface area (Å²) in [6, 6.07) is 15.5. The van der Waals surface area contributed by atoms with Gasteiger partial charge in [0.15, 0.2) is 5.82 Å². The Kier molecular flexibility index (Phi) is 6.19. The molecule has 4 aromatic rings. The Bertz CT molecular complexity index is 1330. The van der Waals surface area contributed by atoms with Gasteiger partial charge in [-0.25, -0.2) is 0 Å². The van der Waals surface area contributed by atoms with Crippen molar-refractivity contribution in [2.75, 3.05) is 48.8 Å². The van der Waals surface area contributed by atoms with Crippen LogP contribution in [-0.2, 0) is 0 Å². The summed E-state index contributed by atoms with van der Waals surface area (Å²) in [6.07, 6.45) is 0. The minimum atomic E-state index is 0.210. The Morgan fingerprint density at radius 3 is 2.34 bits per heavy atom. The van der Waals surface area contributed by atoms with E-state index in [-0.39, 0.29) is 5.75 Å². The maximum Gasteiger partial charge on any atom is 0.235 e. The van der Waals surface area contributed by atoms with Crippen LogP contribution in [0.5, 0.6) is 5.75 Å². The summed E-state index contributed by atoms with van der Waals surface area (Å²) in [5, 5.41) is 24.0. The van der Waals surface area contributed by atoms with Crippen LogP contribution in [0.2, 0.25) is 0 Å². The second kappa shape index (κ2) is 9.59. The molecule has 0 spiro atoms. The van der Waals surface area contributed by atoms with Gasteiger partial charge in [-0.15, -0.1) is 0 Å². The Morgan fingerprint density at radius 2 is 1.60 bits per heavy atom. The van der Waals surface area contributed by atoms with Crippen molar-refractivity contribution in [2.24, 2.45) is 0 Å². The van der Waals surface area contributed by atoms with Crippen LogP contribution >= 0.6 is 0 Å². The lowest BCUT2D eigenvalue weighted by Gasteiger charge is -2.32. The number of anilines is 5. The van der Waals surface area contributed by atoms with Gasteiger partial charge >= 0.3 is 0 Å². The van der Waals surface area contributed by atoms with E-state index in [0.29, 0.717) is 29.4 Å². The first-order valence-corrected chi connectivity index (χ1v) is 11.6. The number of nitrogens with one attached hydrogen (secondary N) is 3. The van der Waals surface area contributed by atoms with Crippen molar-refractivity contribution in [3.05, 3.63) is 59.7 Å². The normalized spacial score (nSPS) is 14.2. The molecule has 5 rings (SSSR count). The topological polar surface area (TPSA) is 118 Å². The van der Waals surface area contributed by atoms with E-state index in [2.05, 4.69) is 71.7 Å². The smallest absolute Gasteiger partial charge is 0.235 e. The highest BCUT2D eigenvalue weighted by Crippen LogP contribution is 2.26. The summed E-state index contributed by atoms with van der Waals surface area (Å²) in [4.78, 5) is 18.3. The van der Waals surface area contributed by atoms with Crippen LogP contribution in [0.4, 0.5) is 29.4 Å². The van der Waals surface area contributed by atoms with Gasteiger partial charge in [-0.1, -0.05) is 30.3 Å². The summed E-state index contributed by atoms with van der Waals surface area (Å²) in [7, 11) is 2.11. The van der Waals surface area contributed by atoms with E-state index in [9.17, 15) is 5.11 Å². The van der Waals surface area contributed by atoms with Gasteiger partial charge in [0, 0.05) is 49.6 Å². The molecule has 0 unspecified atom stereocenters. The Morgan fingerprint density at radius 1 is 0.857 bits per heavy atom. The van der Waals surface area contributed by atoms with Crippen molar-refractivity contribution in [1.82, 2.24) is 30.0 Å². The third-order valence-corrected chi connectivity index (χ3v) is 6.13. The van der Waals surface area contributed by atoms with Crippen LogP contribution in [0.25, 0.3) is 11.3 Å². The maximum atomic E-state index is 10.1. The highest BCUT2D eigenvalue weighted by molar-refractivity contribution is 5.68. The fourth-order valence-corrected chi connectivity index (χ4v) is 3.95. The zero-order chi connectivity index (χ0) is 24.4. The number of hydrogen-bond acceptors (Lipinski definition) is 9. The SMILES string of the molecule is Cc1ccc(Nc2nc(Nc3cc(-c4ccccc4C)[nH]n3)nc(N3CCN(C)CC3)n2)cc1O. The molecule has 0 saturated carbocycles. The number of benzene rings is 2. The predicted molar refractivity (Wildman–Crippen MR) is 138 cm³/mol. The molecule has 0 atom stereocenters. The molecule has 1 aliphatic heterocycles. The molecule has 35 heavy (non-hydrogen) atoms. The van der Waals surface area contributed by atoms with Crippen LogP contribution < -0.4 is 15.5 Å². The minimum absolute atomic E-state index is 0.210. The zero-order valence-corrected chi connectivity index (χ0v) is 20.1. The van der Waals surface area contributed by atoms with E-state index >= 15 is 0 Å². The monoisotopic (exact) mass is 471 g/mol. The number of phenolic OH excluding ortho intramolecular Hbond substituents is 1. The molecule has 0 amide bonds. The van der Waals surface area contributed by atoms with E-state index in [1.165, 1.54) is 0 Å². The third-order valence-electron chi connectivity index (χ3n) is 6.13. The van der Waals surface area contributed by atoms with E-state index in [1.807, 2.05) is 37.3 Å². The minimum Gasteiger partial charge on any atom is -0.508 e. The molecule has 10 heteroatoms. The number of aryl methyl sites for hydroxylation is 2. The van der Waals surface area contributed by atoms with E-state index < -0.39 is 0 Å². The van der Waals surface area contributed by atoms with Crippen molar-refractivity contribution in [2.45, 2.75) is 13.8 Å². The number of piperazine rings is 1. The van der Waals surface area contributed by atoms with Crippen LogP contribution in [0.3, 0.4) is 0 Å². The average Bonchev–Trinajstić information content (AvgIpc) is 3.30. The average molecular weight is 472 g/mol. The lowest BCUT2D eigenvalue weighted by Crippen LogP contribution is -2.45. The van der Waals surface area contributed by atoms with Crippen molar-refractivity contribution in [3.8, 4) is 17.0 Å². The number of aromatic hydroxyl groups is 1. The molecule has 3 heterocycles. The molecule has 0 bridgehead atoms. The summed E-state index contributed by atoms with van der Waals surface area (Å²) in [5.74, 6) is 2.17. The van der Waals surface area contributed by atoms with E-state index in [4.69, 9.17) is 0 Å². The first-order valence-electron chi connectivity index (χ1n) is 11.6. The highest BCUT2D eigenvalue weighted by atomic mass is 16.3. The first-order chi connectivity index (χ1) is 16.9. The van der Waals surface area contributed by atoms with Gasteiger partial charge in [0.25, 0.3) is 0 Å². The quantitative estimate of drug-likeness (QED) is 0.333. The Labute approximate surface area is 204 Å². The summed E-state index contributed by atoms with van der Waals surface area (Å²) >= 11 is 0. The van der Waals surface area contributed by atoms with Crippen LogP contribution in [0, 0.1) is 13.8 Å². The lowest BCUT2D eigenvalue weighted by atomic mass is 10.1. The molecular formula is C25H29N9O. The van der Waals surface area contributed by atoms with Crippen molar-refractivity contribution < 1.29 is 5.11 Å². The fourth-order valence-electron chi connectivity index (χ4n) is 3.95. The largest absolute Gasteiger partial charge is 0.508 e. The Hall–Kier alpha value is -4.18. The molecule has 180 valence electrons. The number of phenols is 1. The third kappa shape index (κ3) is 5.17. The molecule has 4 N–H and O–H groups in total. The van der Waals surface area contributed by atoms with Gasteiger partial charge in [-0.2, -0.15) is 20.1 Å². The number of aromatic amines is 1. The number of hydrogen-bond donors (Lipinski definition) is 4. The molecule has 0 aliphatic carbocycles. The fraction of sp³-hybridized carbons (Fsp3) is 0.280. The molecule has 10 nitrogen and oxygen atoms in total. The summed E-state index contributed by atoms with van der Waals surface area (Å²) in [6.45, 7) is 7.43. The number of aromatic nitrogens is 5. The van der Waals surface area contributed by atoms with Crippen molar-refractivity contribution in [3.63, 3.8) is 0 Å². The number of H-pyrrole nitrogens is 1. The predicted octanol–water partition coefficient (Wildman–Crippen LogP) is 3.82. The number of nitrogens with zero attached hydrogens (tertiary/aromatic N) is 6. The van der Waals surface area contributed by atoms with Gasteiger partial charge in [0.1, 0.15) is 5.75 Å². The second-order valence-corrected chi connectivity index (χ2v) is 8.81. The van der Waals surface area contributed by atoms with Gasteiger partial charge < -0.3 is 25.5 Å². The van der Waals surface area contributed by atoms with Gasteiger partial charge in [-0.3, -0.25) is 5.10 Å². The van der Waals surface area contributed by atoms with Crippen LogP contribution in [0.1, 0.15) is 11.1 Å². The number of rotatable bonds is 6. The summed E-state index contributed by atoms with van der Waals surface area (Å²) < 4.78 is 0. The molecule has 1 aliphatic rings. The molecule has 1 fully saturated rings. The standard InChI is InChI=1S/C25H29N9O/c1-16-6-4-5-7-19(16)20-15-22(32-31-20)27-24-28-23(26-18-9-8-17(2)21(35)14-18)29-25(30-24)34-12-10-33(3)11-13-34/h4-9,14-15,35H,10-13H2,1-3H3,(H3,26,27,28,29,30,31,32). The van der Waals surface area contributed by atoms with Crippen LogP contribution in [-0.4, -0.2) is 68.4 Å².